The highest BCUT2D eigenvalue weighted by molar-refractivity contribution is 9.10. The van der Waals surface area contributed by atoms with Crippen LogP contribution in [0.3, 0.4) is 0 Å². The van der Waals surface area contributed by atoms with Gasteiger partial charge in [-0.15, -0.1) is 0 Å². The van der Waals surface area contributed by atoms with Crippen molar-refractivity contribution in [3.8, 4) is 0 Å². The average molecular weight is 343 g/mol. The van der Waals surface area contributed by atoms with Crippen molar-refractivity contribution in [1.82, 2.24) is 9.80 Å². The fraction of sp³-hybridized carbons (Fsp3) is 0.533. The highest BCUT2D eigenvalue weighted by Gasteiger charge is 2.25. The van der Waals surface area contributed by atoms with E-state index in [-0.39, 0.29) is 11.5 Å². The van der Waals surface area contributed by atoms with Gasteiger partial charge in [-0.25, -0.2) is 4.39 Å². The molecule has 0 saturated carbocycles. The van der Waals surface area contributed by atoms with Crippen LogP contribution in [0.4, 0.5) is 4.39 Å². The summed E-state index contributed by atoms with van der Waals surface area (Å²) in [5.41, 5.74) is 1.04. The van der Waals surface area contributed by atoms with Crippen LogP contribution < -0.4 is 0 Å². The molecule has 0 spiro atoms. The Bertz CT molecular complexity index is 511. The Morgan fingerprint density at radius 3 is 2.40 bits per heavy atom. The van der Waals surface area contributed by atoms with Crippen LogP contribution in [0.25, 0.3) is 0 Å². The van der Waals surface area contributed by atoms with Gasteiger partial charge in [0.15, 0.2) is 0 Å². The topological polar surface area (TPSA) is 23.6 Å². The molecule has 0 N–H and O–H groups in total. The third-order valence-electron chi connectivity index (χ3n) is 3.81. The Morgan fingerprint density at radius 2 is 1.85 bits per heavy atom. The van der Waals surface area contributed by atoms with Gasteiger partial charge in [0.1, 0.15) is 5.82 Å². The van der Waals surface area contributed by atoms with Gasteiger partial charge in [0.05, 0.1) is 5.56 Å². The molecule has 1 aliphatic heterocycles. The van der Waals surface area contributed by atoms with Gasteiger partial charge in [0, 0.05) is 36.7 Å². The van der Waals surface area contributed by atoms with Crippen LogP contribution in [0.2, 0.25) is 0 Å². The van der Waals surface area contributed by atoms with Crippen molar-refractivity contribution in [2.24, 2.45) is 0 Å². The molecule has 1 aromatic carbocycles. The zero-order chi connectivity index (χ0) is 14.9. The maximum atomic E-state index is 14.0. The molecule has 1 aromatic rings. The van der Waals surface area contributed by atoms with Crippen LogP contribution in [0.15, 0.2) is 16.6 Å². The molecule has 3 nitrogen and oxygen atoms in total. The van der Waals surface area contributed by atoms with Gasteiger partial charge < -0.3 is 4.90 Å². The molecule has 1 heterocycles. The van der Waals surface area contributed by atoms with E-state index in [1.54, 1.807) is 11.0 Å². The van der Waals surface area contributed by atoms with Gasteiger partial charge in [0.2, 0.25) is 0 Å². The third-order valence-corrected chi connectivity index (χ3v) is 4.66. The van der Waals surface area contributed by atoms with E-state index < -0.39 is 5.82 Å². The van der Waals surface area contributed by atoms with E-state index >= 15 is 0 Å². The van der Waals surface area contributed by atoms with E-state index in [1.165, 1.54) is 6.07 Å². The van der Waals surface area contributed by atoms with Crippen molar-refractivity contribution >= 4 is 21.8 Å². The zero-order valence-electron chi connectivity index (χ0n) is 12.1. The molecule has 0 unspecified atom stereocenters. The molecule has 1 fully saturated rings. The second-order valence-electron chi connectivity index (χ2n) is 5.50. The molecule has 5 heteroatoms. The van der Waals surface area contributed by atoms with E-state index in [4.69, 9.17) is 0 Å². The lowest BCUT2D eigenvalue weighted by molar-refractivity contribution is 0.0591. The summed E-state index contributed by atoms with van der Waals surface area (Å²) < 4.78 is 14.6. The van der Waals surface area contributed by atoms with Crippen molar-refractivity contribution in [2.45, 2.75) is 26.8 Å². The summed E-state index contributed by atoms with van der Waals surface area (Å²) in [4.78, 5) is 16.5. The van der Waals surface area contributed by atoms with Gasteiger partial charge in [-0.05, 0) is 38.5 Å². The fourth-order valence-electron chi connectivity index (χ4n) is 2.43. The maximum Gasteiger partial charge on any atom is 0.256 e. The molecular formula is C15H20BrFN2O. The Balaban J connectivity index is 2.11. The summed E-state index contributed by atoms with van der Waals surface area (Å²) in [5, 5.41) is 0. The number of hydrogen-bond acceptors (Lipinski definition) is 2. The Hall–Kier alpha value is -0.940. The van der Waals surface area contributed by atoms with Crippen molar-refractivity contribution in [2.75, 3.05) is 26.2 Å². The van der Waals surface area contributed by atoms with Gasteiger partial charge in [-0.2, -0.15) is 0 Å². The zero-order valence-corrected chi connectivity index (χ0v) is 13.7. The standard InChI is InChI=1S/C15H20BrFN2O/c1-10(2)18-4-6-19(7-5-18)15(20)12-8-11(3)13(16)9-14(12)17/h8-10H,4-7H2,1-3H3. The number of nitrogens with zero attached hydrogens (tertiary/aromatic N) is 2. The Morgan fingerprint density at radius 1 is 1.25 bits per heavy atom. The first-order valence-corrected chi connectivity index (χ1v) is 7.68. The van der Waals surface area contributed by atoms with Gasteiger partial charge >= 0.3 is 0 Å². The lowest BCUT2D eigenvalue weighted by Crippen LogP contribution is -2.50. The molecule has 20 heavy (non-hydrogen) atoms. The van der Waals surface area contributed by atoms with E-state index in [0.717, 1.165) is 18.7 Å². The van der Waals surface area contributed by atoms with Crippen LogP contribution in [-0.4, -0.2) is 47.9 Å². The van der Waals surface area contributed by atoms with Crippen LogP contribution >= 0.6 is 15.9 Å². The number of piperazine rings is 1. The summed E-state index contributed by atoms with van der Waals surface area (Å²) in [6.45, 7) is 9.17. The predicted octanol–water partition coefficient (Wildman–Crippen LogP) is 3.06. The lowest BCUT2D eigenvalue weighted by atomic mass is 10.1. The minimum Gasteiger partial charge on any atom is -0.336 e. The molecule has 0 aromatic heterocycles. The largest absolute Gasteiger partial charge is 0.336 e. The molecule has 1 aliphatic rings. The summed E-state index contributed by atoms with van der Waals surface area (Å²) in [6.07, 6.45) is 0. The smallest absolute Gasteiger partial charge is 0.256 e. The molecule has 0 atom stereocenters. The van der Waals surface area contributed by atoms with E-state index in [1.807, 2.05) is 6.92 Å². The van der Waals surface area contributed by atoms with Crippen molar-refractivity contribution in [3.05, 3.63) is 33.5 Å². The molecule has 110 valence electrons. The van der Waals surface area contributed by atoms with Crippen LogP contribution in [0.1, 0.15) is 29.8 Å². The van der Waals surface area contributed by atoms with Crippen LogP contribution in [0.5, 0.6) is 0 Å². The van der Waals surface area contributed by atoms with Gasteiger partial charge in [-0.1, -0.05) is 15.9 Å². The molecule has 2 rings (SSSR count). The third kappa shape index (κ3) is 3.20. The quantitative estimate of drug-likeness (QED) is 0.824. The number of benzene rings is 1. The summed E-state index contributed by atoms with van der Waals surface area (Å²) in [6, 6.07) is 3.47. The van der Waals surface area contributed by atoms with E-state index in [0.29, 0.717) is 23.6 Å². The normalized spacial score (nSPS) is 16.8. The molecule has 0 aliphatic carbocycles. The van der Waals surface area contributed by atoms with Gasteiger partial charge in [0.25, 0.3) is 5.91 Å². The lowest BCUT2D eigenvalue weighted by Gasteiger charge is -2.37. The summed E-state index contributed by atoms with van der Waals surface area (Å²) in [7, 11) is 0. The summed E-state index contributed by atoms with van der Waals surface area (Å²) >= 11 is 3.28. The first kappa shape index (κ1) is 15.4. The molecular weight excluding hydrogens is 323 g/mol. The molecule has 0 radical (unpaired) electrons. The van der Waals surface area contributed by atoms with Crippen molar-refractivity contribution in [3.63, 3.8) is 0 Å². The van der Waals surface area contributed by atoms with Crippen LogP contribution in [0, 0.1) is 12.7 Å². The highest BCUT2D eigenvalue weighted by Crippen LogP contribution is 2.22. The van der Waals surface area contributed by atoms with Crippen LogP contribution in [-0.2, 0) is 0 Å². The van der Waals surface area contributed by atoms with Gasteiger partial charge in [-0.3, -0.25) is 9.69 Å². The Kier molecular flexibility index (Phi) is 4.81. The first-order valence-electron chi connectivity index (χ1n) is 6.89. The number of amides is 1. The second kappa shape index (κ2) is 6.22. The SMILES string of the molecule is Cc1cc(C(=O)N2CCN(C(C)C)CC2)c(F)cc1Br. The maximum absolute atomic E-state index is 14.0. The minimum absolute atomic E-state index is 0.170. The number of rotatable bonds is 2. The number of halogens is 2. The molecule has 0 bridgehead atoms. The average Bonchev–Trinajstić information content (AvgIpc) is 2.42. The predicted molar refractivity (Wildman–Crippen MR) is 81.4 cm³/mol. The summed E-state index contributed by atoms with van der Waals surface area (Å²) in [5.74, 6) is -0.666. The van der Waals surface area contributed by atoms with Crippen molar-refractivity contribution in [1.29, 1.82) is 0 Å². The molecule has 1 saturated heterocycles. The number of carbonyl (C=O) groups excluding carboxylic acids is 1. The number of aryl methyl sites for hydroxylation is 1. The first-order chi connectivity index (χ1) is 9.40. The molecule has 1 amide bonds. The number of carbonyl (C=O) groups is 1. The van der Waals surface area contributed by atoms with Crippen molar-refractivity contribution < 1.29 is 9.18 Å². The Labute approximate surface area is 127 Å². The van der Waals surface area contributed by atoms with E-state index in [9.17, 15) is 9.18 Å². The second-order valence-corrected chi connectivity index (χ2v) is 6.36. The van der Waals surface area contributed by atoms with E-state index in [2.05, 4.69) is 34.7 Å². The number of hydrogen-bond donors (Lipinski definition) is 0. The monoisotopic (exact) mass is 342 g/mol. The minimum atomic E-state index is -0.459. The highest BCUT2D eigenvalue weighted by atomic mass is 79.9. The fourth-order valence-corrected chi connectivity index (χ4v) is 2.75.